The zero-order valence-corrected chi connectivity index (χ0v) is 9.46. The van der Waals surface area contributed by atoms with Crippen LogP contribution in [0, 0.1) is 0 Å². The molecule has 0 aliphatic carbocycles. The molecule has 0 fully saturated rings. The Morgan fingerprint density at radius 2 is 2.31 bits per heavy atom. The third-order valence-electron chi connectivity index (χ3n) is 1.85. The second-order valence-corrected chi connectivity index (χ2v) is 3.77. The number of benzene rings is 1. The third kappa shape index (κ3) is 1.38. The number of nitrogen functional groups attached to an aromatic ring is 1. The first-order chi connectivity index (χ1) is 6.24. The molecule has 0 aliphatic rings. The maximum Gasteiger partial charge on any atom is 0.174 e. The smallest absolute Gasteiger partial charge is 0.174 e. The van der Waals surface area contributed by atoms with Crippen molar-refractivity contribution in [1.82, 2.24) is 5.16 Å². The van der Waals surface area contributed by atoms with E-state index < -0.39 is 0 Å². The number of rotatable bonds is 1. The van der Waals surface area contributed by atoms with Crippen molar-refractivity contribution in [3.05, 3.63) is 22.7 Å². The Morgan fingerprint density at radius 1 is 1.54 bits per heavy atom. The predicted molar refractivity (Wildman–Crippen MR) is 61.2 cm³/mol. The molecule has 0 spiro atoms. The number of aromatic nitrogens is 1. The average Bonchev–Trinajstić information content (AvgIpc) is 2.48. The van der Waals surface area contributed by atoms with Crippen LogP contribution in [0.2, 0.25) is 5.02 Å². The third-order valence-corrected chi connectivity index (χ3v) is 2.97. The molecule has 0 bridgehead atoms. The van der Waals surface area contributed by atoms with E-state index >= 15 is 0 Å². The van der Waals surface area contributed by atoms with E-state index in [1.165, 1.54) is 0 Å². The van der Waals surface area contributed by atoms with Crippen molar-refractivity contribution in [3.8, 4) is 0 Å². The summed E-state index contributed by atoms with van der Waals surface area (Å²) in [6.07, 6.45) is 0. The van der Waals surface area contributed by atoms with E-state index in [0.717, 1.165) is 15.4 Å². The molecule has 0 amide bonds. The van der Waals surface area contributed by atoms with Gasteiger partial charge in [0.15, 0.2) is 11.4 Å². The Hall–Kier alpha value is -0.490. The van der Waals surface area contributed by atoms with Gasteiger partial charge in [0.2, 0.25) is 0 Å². The number of halogens is 2. The standard InChI is InChI=1S/C8H6ClIN2O/c9-6-2-1-4-7(5(6)3-10)13-12-8(4)11/h1-2H,3H2,(H2,11,12). The van der Waals surface area contributed by atoms with Crippen LogP contribution in [0.25, 0.3) is 11.0 Å². The highest BCUT2D eigenvalue weighted by molar-refractivity contribution is 14.1. The molecule has 13 heavy (non-hydrogen) atoms. The molecule has 5 heteroatoms. The summed E-state index contributed by atoms with van der Waals surface area (Å²) < 4.78 is 5.87. The molecule has 1 aromatic carbocycles. The van der Waals surface area contributed by atoms with E-state index in [1.807, 2.05) is 12.1 Å². The molecule has 2 rings (SSSR count). The van der Waals surface area contributed by atoms with Crippen molar-refractivity contribution < 1.29 is 4.52 Å². The monoisotopic (exact) mass is 308 g/mol. The van der Waals surface area contributed by atoms with Gasteiger partial charge in [-0.15, -0.1) is 0 Å². The minimum absolute atomic E-state index is 0.415. The van der Waals surface area contributed by atoms with Crippen molar-refractivity contribution in [2.75, 3.05) is 5.73 Å². The lowest BCUT2D eigenvalue weighted by Crippen LogP contribution is -1.84. The number of nitrogens with zero attached hydrogens (tertiary/aromatic N) is 1. The van der Waals surface area contributed by atoms with Gasteiger partial charge >= 0.3 is 0 Å². The van der Waals surface area contributed by atoms with E-state index in [0.29, 0.717) is 16.4 Å². The van der Waals surface area contributed by atoms with Crippen LogP contribution in [-0.2, 0) is 4.43 Å². The first kappa shape index (κ1) is 9.08. The normalized spacial score (nSPS) is 10.9. The summed E-state index contributed by atoms with van der Waals surface area (Å²) in [7, 11) is 0. The molecule has 2 aromatic rings. The van der Waals surface area contributed by atoms with Gasteiger partial charge in [-0.3, -0.25) is 0 Å². The molecule has 0 saturated carbocycles. The minimum atomic E-state index is 0.415. The highest BCUT2D eigenvalue weighted by atomic mass is 127. The van der Waals surface area contributed by atoms with Crippen LogP contribution in [0.1, 0.15) is 5.56 Å². The van der Waals surface area contributed by atoms with Gasteiger partial charge in [-0.25, -0.2) is 0 Å². The minimum Gasteiger partial charge on any atom is -0.380 e. The number of anilines is 1. The predicted octanol–water partition coefficient (Wildman–Crippen LogP) is 3.00. The molecular weight excluding hydrogens is 302 g/mol. The molecule has 3 nitrogen and oxygen atoms in total. The Morgan fingerprint density at radius 3 is 3.00 bits per heavy atom. The summed E-state index contributed by atoms with van der Waals surface area (Å²) in [6, 6.07) is 3.63. The lowest BCUT2D eigenvalue weighted by molar-refractivity contribution is 0.459. The molecule has 0 atom stereocenters. The van der Waals surface area contributed by atoms with Gasteiger partial charge < -0.3 is 10.3 Å². The van der Waals surface area contributed by atoms with Crippen molar-refractivity contribution in [2.24, 2.45) is 0 Å². The van der Waals surface area contributed by atoms with E-state index in [2.05, 4.69) is 27.7 Å². The summed E-state index contributed by atoms with van der Waals surface area (Å²) in [5.41, 5.74) is 7.24. The molecule has 0 radical (unpaired) electrons. The van der Waals surface area contributed by atoms with Crippen LogP contribution in [0.15, 0.2) is 16.7 Å². The first-order valence-corrected chi connectivity index (χ1v) is 5.52. The highest BCUT2D eigenvalue weighted by Gasteiger charge is 2.11. The second-order valence-electron chi connectivity index (χ2n) is 2.60. The Balaban J connectivity index is 2.85. The fraction of sp³-hybridized carbons (Fsp3) is 0.125. The molecule has 0 unspecified atom stereocenters. The number of nitrogens with two attached hydrogens (primary N) is 1. The van der Waals surface area contributed by atoms with Gasteiger partial charge in [0.05, 0.1) is 5.39 Å². The van der Waals surface area contributed by atoms with Crippen molar-refractivity contribution in [2.45, 2.75) is 4.43 Å². The van der Waals surface area contributed by atoms with Crippen LogP contribution in [0.5, 0.6) is 0 Å². The summed E-state index contributed by atoms with van der Waals surface area (Å²) in [5, 5.41) is 5.21. The quantitative estimate of drug-likeness (QED) is 0.651. The number of hydrogen-bond donors (Lipinski definition) is 1. The van der Waals surface area contributed by atoms with Gasteiger partial charge in [0.1, 0.15) is 0 Å². The van der Waals surface area contributed by atoms with Gasteiger partial charge in [-0.05, 0) is 12.1 Å². The van der Waals surface area contributed by atoms with Gasteiger partial charge in [-0.2, -0.15) is 0 Å². The number of hydrogen-bond acceptors (Lipinski definition) is 3. The molecule has 0 aliphatic heterocycles. The van der Waals surface area contributed by atoms with Crippen molar-refractivity contribution in [1.29, 1.82) is 0 Å². The van der Waals surface area contributed by atoms with Crippen LogP contribution >= 0.6 is 34.2 Å². The van der Waals surface area contributed by atoms with Gasteiger partial charge in [-0.1, -0.05) is 39.3 Å². The van der Waals surface area contributed by atoms with E-state index in [9.17, 15) is 0 Å². The highest BCUT2D eigenvalue weighted by Crippen LogP contribution is 2.30. The van der Waals surface area contributed by atoms with Crippen LogP contribution in [0.3, 0.4) is 0 Å². The SMILES string of the molecule is Nc1noc2c(CI)c(Cl)ccc12. The summed E-state index contributed by atoms with van der Waals surface area (Å²) in [6.45, 7) is 0. The zero-order chi connectivity index (χ0) is 9.42. The van der Waals surface area contributed by atoms with Crippen LogP contribution < -0.4 is 5.73 Å². The number of alkyl halides is 1. The van der Waals surface area contributed by atoms with Gasteiger partial charge in [0, 0.05) is 15.0 Å². The fourth-order valence-electron chi connectivity index (χ4n) is 1.18. The summed E-state index contributed by atoms with van der Waals surface area (Å²) in [5.74, 6) is 0.415. The number of fused-ring (bicyclic) bond motifs is 1. The van der Waals surface area contributed by atoms with E-state index in [4.69, 9.17) is 21.9 Å². The lowest BCUT2D eigenvalue weighted by atomic mass is 10.2. The largest absolute Gasteiger partial charge is 0.380 e. The maximum atomic E-state index is 5.98. The van der Waals surface area contributed by atoms with Crippen molar-refractivity contribution in [3.63, 3.8) is 0 Å². The fourth-order valence-corrected chi connectivity index (χ4v) is 2.38. The molecule has 0 saturated heterocycles. The molecular formula is C8H6ClIN2O. The topological polar surface area (TPSA) is 52.0 Å². The van der Waals surface area contributed by atoms with E-state index in [-0.39, 0.29) is 0 Å². The van der Waals surface area contributed by atoms with Gasteiger partial charge in [0.25, 0.3) is 0 Å². The van der Waals surface area contributed by atoms with Crippen LogP contribution in [-0.4, -0.2) is 5.16 Å². The lowest BCUT2D eigenvalue weighted by Gasteiger charge is -1.98. The summed E-state index contributed by atoms with van der Waals surface area (Å²) >= 11 is 8.20. The molecule has 68 valence electrons. The molecule has 1 heterocycles. The zero-order valence-electron chi connectivity index (χ0n) is 6.55. The Bertz CT molecular complexity index is 455. The maximum absolute atomic E-state index is 5.98. The van der Waals surface area contributed by atoms with Crippen molar-refractivity contribution >= 4 is 51.0 Å². The molecule has 2 N–H and O–H groups in total. The first-order valence-electron chi connectivity index (χ1n) is 3.62. The van der Waals surface area contributed by atoms with Crippen LogP contribution in [0.4, 0.5) is 5.82 Å². The molecule has 1 aromatic heterocycles. The second kappa shape index (κ2) is 3.34. The average molecular weight is 309 g/mol. The Kier molecular flexibility index (Phi) is 2.33. The Labute approximate surface area is 93.3 Å². The summed E-state index contributed by atoms with van der Waals surface area (Å²) in [4.78, 5) is 0. The van der Waals surface area contributed by atoms with E-state index in [1.54, 1.807) is 0 Å².